The van der Waals surface area contributed by atoms with E-state index in [2.05, 4.69) is 49.5 Å². The van der Waals surface area contributed by atoms with Crippen molar-refractivity contribution in [2.45, 2.75) is 47.0 Å². The molecule has 24 heavy (non-hydrogen) atoms. The van der Waals surface area contributed by atoms with E-state index in [0.29, 0.717) is 5.56 Å². The highest BCUT2D eigenvalue weighted by molar-refractivity contribution is 6.01. The highest BCUT2D eigenvalue weighted by Crippen LogP contribution is 2.22. The lowest BCUT2D eigenvalue weighted by molar-refractivity contribution is 0.0955. The second-order valence-electron chi connectivity index (χ2n) is 7.28. The minimum absolute atomic E-state index is 0.0758. The van der Waals surface area contributed by atoms with Crippen molar-refractivity contribution < 1.29 is 4.79 Å². The Kier molecular flexibility index (Phi) is 5.23. The van der Waals surface area contributed by atoms with Gasteiger partial charge in [-0.1, -0.05) is 50.6 Å². The van der Waals surface area contributed by atoms with Crippen LogP contribution in [-0.4, -0.2) is 11.6 Å². The largest absolute Gasteiger partial charge is 0.271 e. The first-order chi connectivity index (χ1) is 11.2. The summed E-state index contributed by atoms with van der Waals surface area (Å²) in [6, 6.07) is 13.9. The van der Waals surface area contributed by atoms with Crippen molar-refractivity contribution in [2.75, 3.05) is 0 Å². The maximum Gasteiger partial charge on any atom is 0.271 e. The number of amides is 1. The molecule has 2 aromatic carbocycles. The smallest absolute Gasteiger partial charge is 0.267 e. The molecule has 0 bridgehead atoms. The van der Waals surface area contributed by atoms with Gasteiger partial charge in [-0.3, -0.25) is 4.79 Å². The predicted octanol–water partition coefficient (Wildman–Crippen LogP) is 4.75. The van der Waals surface area contributed by atoms with Crippen LogP contribution in [0.4, 0.5) is 0 Å². The van der Waals surface area contributed by atoms with E-state index >= 15 is 0 Å². The topological polar surface area (TPSA) is 41.5 Å². The molecule has 0 radical (unpaired) electrons. The lowest BCUT2D eigenvalue weighted by Crippen LogP contribution is -2.20. The molecule has 0 heterocycles. The fraction of sp³-hybridized carbons (Fsp3) is 0.333. The molecule has 0 saturated carbocycles. The quantitative estimate of drug-likeness (QED) is 0.643. The Morgan fingerprint density at radius 3 is 2.21 bits per heavy atom. The second kappa shape index (κ2) is 7.00. The average Bonchev–Trinajstić information content (AvgIpc) is 2.53. The number of nitrogens with one attached hydrogen (secondary N) is 1. The van der Waals surface area contributed by atoms with E-state index in [-0.39, 0.29) is 11.3 Å². The number of hydrazone groups is 1. The number of hydrogen-bond acceptors (Lipinski definition) is 2. The maximum absolute atomic E-state index is 12.3. The first-order valence-electron chi connectivity index (χ1n) is 8.21. The summed E-state index contributed by atoms with van der Waals surface area (Å²) in [7, 11) is 0. The van der Waals surface area contributed by atoms with Crippen LogP contribution in [-0.2, 0) is 5.41 Å². The molecule has 0 fully saturated rings. The SMILES string of the molecule is C/C(=N/NC(=O)c1ccc(C(C)(C)C)cc1)c1cc(C)ccc1C. The van der Waals surface area contributed by atoms with Crippen molar-refractivity contribution in [3.63, 3.8) is 0 Å². The molecule has 0 aliphatic heterocycles. The van der Waals surface area contributed by atoms with Gasteiger partial charge < -0.3 is 0 Å². The number of nitrogens with zero attached hydrogens (tertiary/aromatic N) is 1. The Labute approximate surface area is 144 Å². The summed E-state index contributed by atoms with van der Waals surface area (Å²) in [4.78, 5) is 12.3. The van der Waals surface area contributed by atoms with Gasteiger partial charge in [-0.05, 0) is 55.5 Å². The van der Waals surface area contributed by atoms with E-state index in [1.165, 1.54) is 11.1 Å². The van der Waals surface area contributed by atoms with Crippen molar-refractivity contribution in [1.82, 2.24) is 5.43 Å². The van der Waals surface area contributed by atoms with Crippen molar-refractivity contribution in [2.24, 2.45) is 5.10 Å². The normalized spacial score (nSPS) is 12.2. The lowest BCUT2D eigenvalue weighted by Gasteiger charge is -2.18. The Bertz CT molecular complexity index is 765. The van der Waals surface area contributed by atoms with Crippen LogP contribution < -0.4 is 5.43 Å². The molecule has 0 spiro atoms. The Hall–Kier alpha value is -2.42. The zero-order valence-electron chi connectivity index (χ0n) is 15.4. The van der Waals surface area contributed by atoms with Crippen LogP contribution in [0, 0.1) is 13.8 Å². The summed E-state index contributed by atoms with van der Waals surface area (Å²) in [5, 5.41) is 4.26. The van der Waals surface area contributed by atoms with E-state index in [1.807, 2.05) is 45.0 Å². The Balaban J connectivity index is 2.13. The highest BCUT2D eigenvalue weighted by atomic mass is 16.2. The molecule has 0 aliphatic carbocycles. The molecule has 0 unspecified atom stereocenters. The fourth-order valence-corrected chi connectivity index (χ4v) is 2.51. The Morgan fingerprint density at radius 1 is 1.00 bits per heavy atom. The van der Waals surface area contributed by atoms with Gasteiger partial charge in [0, 0.05) is 11.1 Å². The van der Waals surface area contributed by atoms with Crippen LogP contribution in [0.15, 0.2) is 47.6 Å². The van der Waals surface area contributed by atoms with Gasteiger partial charge in [-0.15, -0.1) is 0 Å². The molecule has 0 aromatic heterocycles. The van der Waals surface area contributed by atoms with E-state index in [1.54, 1.807) is 0 Å². The molecule has 2 aromatic rings. The lowest BCUT2D eigenvalue weighted by atomic mass is 9.87. The molecule has 3 nitrogen and oxygen atoms in total. The van der Waals surface area contributed by atoms with Crippen LogP contribution in [0.25, 0.3) is 0 Å². The number of carbonyl (C=O) groups excluding carboxylic acids is 1. The minimum atomic E-state index is -0.194. The molecule has 0 atom stereocenters. The number of rotatable bonds is 3. The van der Waals surface area contributed by atoms with E-state index < -0.39 is 0 Å². The molecule has 2 rings (SSSR count). The molecular formula is C21H26N2O. The van der Waals surface area contributed by atoms with E-state index in [9.17, 15) is 4.79 Å². The second-order valence-corrected chi connectivity index (χ2v) is 7.28. The van der Waals surface area contributed by atoms with Crippen LogP contribution in [0.1, 0.15) is 60.3 Å². The summed E-state index contributed by atoms with van der Waals surface area (Å²) in [5.41, 5.74) is 8.72. The van der Waals surface area contributed by atoms with Gasteiger partial charge in [0.25, 0.3) is 5.91 Å². The van der Waals surface area contributed by atoms with E-state index in [0.717, 1.165) is 16.8 Å². The summed E-state index contributed by atoms with van der Waals surface area (Å²) in [5.74, 6) is -0.194. The maximum atomic E-state index is 12.3. The standard InChI is InChI=1S/C21H26N2O/c1-14-7-8-15(2)19(13-14)16(3)22-23-20(24)17-9-11-18(12-10-17)21(4,5)6/h7-13H,1-6H3,(H,23,24)/b22-16-. The van der Waals surface area contributed by atoms with Crippen molar-refractivity contribution >= 4 is 11.6 Å². The van der Waals surface area contributed by atoms with Crippen molar-refractivity contribution in [3.05, 3.63) is 70.3 Å². The zero-order valence-corrected chi connectivity index (χ0v) is 15.4. The van der Waals surface area contributed by atoms with Crippen LogP contribution in [0.3, 0.4) is 0 Å². The number of benzene rings is 2. The summed E-state index contributed by atoms with van der Waals surface area (Å²) < 4.78 is 0. The first-order valence-corrected chi connectivity index (χ1v) is 8.21. The first kappa shape index (κ1) is 17.9. The van der Waals surface area contributed by atoms with Gasteiger partial charge in [-0.25, -0.2) is 5.43 Å². The molecule has 3 heteroatoms. The van der Waals surface area contributed by atoms with Crippen LogP contribution in [0.2, 0.25) is 0 Å². The monoisotopic (exact) mass is 322 g/mol. The van der Waals surface area contributed by atoms with Gasteiger partial charge in [-0.2, -0.15) is 5.10 Å². The molecule has 0 aliphatic rings. The van der Waals surface area contributed by atoms with Gasteiger partial charge >= 0.3 is 0 Å². The number of aryl methyl sites for hydroxylation is 2. The average molecular weight is 322 g/mol. The van der Waals surface area contributed by atoms with Crippen molar-refractivity contribution in [3.8, 4) is 0 Å². The van der Waals surface area contributed by atoms with Crippen LogP contribution >= 0.6 is 0 Å². The molecule has 1 amide bonds. The third-order valence-corrected chi connectivity index (χ3v) is 4.12. The van der Waals surface area contributed by atoms with Gasteiger partial charge in [0.15, 0.2) is 0 Å². The van der Waals surface area contributed by atoms with E-state index in [4.69, 9.17) is 0 Å². The predicted molar refractivity (Wildman–Crippen MR) is 101 cm³/mol. The zero-order chi connectivity index (χ0) is 17.9. The number of carbonyl (C=O) groups is 1. The fourth-order valence-electron chi connectivity index (χ4n) is 2.51. The number of hydrogen-bond donors (Lipinski definition) is 1. The van der Waals surface area contributed by atoms with Crippen molar-refractivity contribution in [1.29, 1.82) is 0 Å². The summed E-state index contributed by atoms with van der Waals surface area (Å²) in [6.45, 7) is 12.5. The molecule has 0 saturated heterocycles. The van der Waals surface area contributed by atoms with Crippen LogP contribution in [0.5, 0.6) is 0 Å². The van der Waals surface area contributed by atoms with Gasteiger partial charge in [0.2, 0.25) is 0 Å². The molecule has 126 valence electrons. The summed E-state index contributed by atoms with van der Waals surface area (Å²) >= 11 is 0. The highest BCUT2D eigenvalue weighted by Gasteiger charge is 2.14. The van der Waals surface area contributed by atoms with Gasteiger partial charge in [0.05, 0.1) is 5.71 Å². The molecule has 1 N–H and O–H groups in total. The minimum Gasteiger partial charge on any atom is -0.267 e. The summed E-state index contributed by atoms with van der Waals surface area (Å²) in [6.07, 6.45) is 0. The molecular weight excluding hydrogens is 296 g/mol. The Morgan fingerprint density at radius 2 is 1.62 bits per heavy atom. The third kappa shape index (κ3) is 4.31. The van der Waals surface area contributed by atoms with Gasteiger partial charge in [0.1, 0.15) is 0 Å². The third-order valence-electron chi connectivity index (χ3n) is 4.12.